The number of rotatable bonds is 7. The predicted molar refractivity (Wildman–Crippen MR) is 69.4 cm³/mol. The lowest BCUT2D eigenvalue weighted by atomic mass is 10.1. The molecule has 0 radical (unpaired) electrons. The van der Waals surface area contributed by atoms with Gasteiger partial charge in [0.25, 0.3) is 0 Å². The molecule has 0 aromatic rings. The van der Waals surface area contributed by atoms with Gasteiger partial charge in [0, 0.05) is 11.6 Å². The van der Waals surface area contributed by atoms with Crippen molar-refractivity contribution in [2.24, 2.45) is 5.73 Å². The van der Waals surface area contributed by atoms with Crippen LogP contribution in [0.5, 0.6) is 0 Å². The molecule has 0 spiro atoms. The van der Waals surface area contributed by atoms with E-state index in [0.29, 0.717) is 0 Å². The van der Waals surface area contributed by atoms with E-state index in [1.807, 2.05) is 13.8 Å². The molecule has 17 heavy (non-hydrogen) atoms. The van der Waals surface area contributed by atoms with Crippen molar-refractivity contribution in [3.63, 3.8) is 0 Å². The third-order valence-corrected chi connectivity index (χ3v) is 3.96. The largest absolute Gasteiger partial charge is 0.353 e. The third-order valence-electron chi connectivity index (χ3n) is 2.07. The Morgan fingerprint density at radius 1 is 1.41 bits per heavy atom. The molecule has 1 atom stereocenters. The van der Waals surface area contributed by atoms with Gasteiger partial charge in [-0.15, -0.1) is 0 Å². The number of hydrogen-bond acceptors (Lipinski definition) is 4. The van der Waals surface area contributed by atoms with Gasteiger partial charge in [0.1, 0.15) is 5.75 Å². The van der Waals surface area contributed by atoms with Crippen LogP contribution in [0.3, 0.4) is 0 Å². The minimum atomic E-state index is -3.44. The maximum Gasteiger partial charge on any atom is 0.235 e. The molecule has 0 aliphatic rings. The summed E-state index contributed by atoms with van der Waals surface area (Å²) in [5.74, 6) is -1.12. The molecule has 5 nitrogen and oxygen atoms in total. The second kappa shape index (κ2) is 6.35. The highest BCUT2D eigenvalue weighted by molar-refractivity contribution is 7.92. The zero-order valence-corrected chi connectivity index (χ0v) is 11.9. The van der Waals surface area contributed by atoms with Crippen LogP contribution in [-0.4, -0.2) is 37.4 Å². The molecule has 0 bridgehead atoms. The Labute approximate surface area is 104 Å². The topological polar surface area (TPSA) is 89.3 Å². The van der Waals surface area contributed by atoms with E-state index >= 15 is 0 Å². The van der Waals surface area contributed by atoms with E-state index in [2.05, 4.69) is 5.32 Å². The van der Waals surface area contributed by atoms with E-state index in [4.69, 9.17) is 5.73 Å². The van der Waals surface area contributed by atoms with Crippen molar-refractivity contribution in [3.8, 4) is 0 Å². The average molecular weight is 264 g/mol. The van der Waals surface area contributed by atoms with Gasteiger partial charge in [-0.05, 0) is 27.2 Å². The number of sulfone groups is 1. The Hall–Kier alpha value is -0.620. The molecule has 1 unspecified atom stereocenters. The van der Waals surface area contributed by atoms with Crippen LogP contribution < -0.4 is 11.1 Å². The zero-order valence-electron chi connectivity index (χ0n) is 11.1. The maximum atomic E-state index is 11.7. The van der Waals surface area contributed by atoms with Crippen LogP contribution in [-0.2, 0) is 14.6 Å². The summed E-state index contributed by atoms with van der Waals surface area (Å²) in [6, 6.07) is 0.00795. The Kier molecular flexibility index (Phi) is 6.12. The van der Waals surface area contributed by atoms with Gasteiger partial charge < -0.3 is 11.1 Å². The van der Waals surface area contributed by atoms with Crippen LogP contribution in [0.15, 0.2) is 0 Å². The van der Waals surface area contributed by atoms with E-state index in [1.165, 1.54) is 0 Å². The lowest BCUT2D eigenvalue weighted by Gasteiger charge is -2.18. The van der Waals surface area contributed by atoms with Gasteiger partial charge in [0.2, 0.25) is 5.91 Å². The molecule has 102 valence electrons. The third kappa shape index (κ3) is 9.12. The molecule has 0 fully saturated rings. The monoisotopic (exact) mass is 264 g/mol. The molecule has 1 amide bonds. The molecule has 0 saturated heterocycles. The minimum Gasteiger partial charge on any atom is -0.353 e. The number of amides is 1. The fourth-order valence-electron chi connectivity index (χ4n) is 1.64. The number of hydrogen-bond donors (Lipinski definition) is 2. The van der Waals surface area contributed by atoms with Gasteiger partial charge in [-0.3, -0.25) is 4.79 Å². The summed E-state index contributed by atoms with van der Waals surface area (Å²) in [4.78, 5) is 11.5. The van der Waals surface area contributed by atoms with Crippen molar-refractivity contribution in [1.82, 2.24) is 5.32 Å². The summed E-state index contributed by atoms with van der Waals surface area (Å²) in [5, 5.41) is 2.66. The van der Waals surface area contributed by atoms with Crippen molar-refractivity contribution in [2.45, 2.75) is 52.1 Å². The molecule has 0 rings (SSSR count). The van der Waals surface area contributed by atoms with Gasteiger partial charge in [0.05, 0.1) is 5.75 Å². The van der Waals surface area contributed by atoms with Gasteiger partial charge in [-0.25, -0.2) is 8.42 Å². The van der Waals surface area contributed by atoms with E-state index in [0.717, 1.165) is 12.8 Å². The van der Waals surface area contributed by atoms with E-state index < -0.39 is 27.0 Å². The lowest BCUT2D eigenvalue weighted by molar-refractivity contribution is -0.119. The molecule has 6 heteroatoms. The summed E-state index contributed by atoms with van der Waals surface area (Å²) in [6.45, 7) is 7.13. The fraction of sp³-hybridized carbons (Fsp3) is 0.909. The van der Waals surface area contributed by atoms with Crippen LogP contribution >= 0.6 is 0 Å². The Morgan fingerprint density at radius 3 is 2.35 bits per heavy atom. The Morgan fingerprint density at radius 2 is 1.94 bits per heavy atom. The summed E-state index contributed by atoms with van der Waals surface area (Å²) < 4.78 is 23.3. The summed E-state index contributed by atoms with van der Waals surface area (Å²) in [7, 11) is -3.44. The molecule has 0 aromatic carbocycles. The van der Waals surface area contributed by atoms with Crippen LogP contribution in [0.4, 0.5) is 0 Å². The molecule has 3 N–H and O–H groups in total. The van der Waals surface area contributed by atoms with Gasteiger partial charge in [-0.1, -0.05) is 13.3 Å². The van der Waals surface area contributed by atoms with Crippen LogP contribution in [0, 0.1) is 0 Å². The highest BCUT2D eigenvalue weighted by Gasteiger charge is 2.25. The van der Waals surface area contributed by atoms with Gasteiger partial charge in [0.15, 0.2) is 9.84 Å². The first-order valence-corrected chi connectivity index (χ1v) is 7.66. The molecular formula is C11H24N2O3S. The number of carbonyl (C=O) groups excluding carboxylic acids is 1. The minimum absolute atomic E-state index is 0.00795. The molecule has 0 aliphatic carbocycles. The van der Waals surface area contributed by atoms with E-state index in [1.54, 1.807) is 13.8 Å². The SMILES string of the molecule is CCCC(C)NC(=O)CS(=O)(=O)CC(C)(C)N. The number of carbonyl (C=O) groups is 1. The predicted octanol–water partition coefficient (Wildman–Crippen LogP) is 0.443. The van der Waals surface area contributed by atoms with Crippen molar-refractivity contribution < 1.29 is 13.2 Å². The van der Waals surface area contributed by atoms with Crippen LogP contribution in [0.25, 0.3) is 0 Å². The summed E-state index contributed by atoms with van der Waals surface area (Å²) >= 11 is 0. The standard InChI is InChI=1S/C11H24N2O3S/c1-5-6-9(2)13-10(14)7-17(15,16)8-11(3,4)12/h9H,5-8,12H2,1-4H3,(H,13,14). The van der Waals surface area contributed by atoms with Crippen LogP contribution in [0.2, 0.25) is 0 Å². The fourth-order valence-corrected chi connectivity index (χ4v) is 3.36. The van der Waals surface area contributed by atoms with Crippen molar-refractivity contribution >= 4 is 15.7 Å². The average Bonchev–Trinajstić information content (AvgIpc) is 1.96. The van der Waals surface area contributed by atoms with E-state index in [9.17, 15) is 13.2 Å². The van der Waals surface area contributed by atoms with Crippen LogP contribution in [0.1, 0.15) is 40.5 Å². The first-order valence-electron chi connectivity index (χ1n) is 5.84. The first kappa shape index (κ1) is 16.4. The first-order chi connectivity index (χ1) is 7.56. The highest BCUT2D eigenvalue weighted by Crippen LogP contribution is 2.04. The maximum absolute atomic E-state index is 11.7. The molecule has 0 aromatic heterocycles. The smallest absolute Gasteiger partial charge is 0.235 e. The molecular weight excluding hydrogens is 240 g/mol. The molecule has 0 saturated carbocycles. The highest BCUT2D eigenvalue weighted by atomic mass is 32.2. The second-order valence-electron chi connectivity index (χ2n) is 5.28. The quantitative estimate of drug-likeness (QED) is 0.698. The van der Waals surface area contributed by atoms with Gasteiger partial charge in [-0.2, -0.15) is 0 Å². The molecule has 0 heterocycles. The second-order valence-corrected chi connectivity index (χ2v) is 7.34. The Bertz CT molecular complexity index is 344. The number of nitrogens with two attached hydrogens (primary N) is 1. The van der Waals surface area contributed by atoms with Crippen molar-refractivity contribution in [1.29, 1.82) is 0 Å². The zero-order chi connectivity index (χ0) is 13.7. The van der Waals surface area contributed by atoms with E-state index in [-0.39, 0.29) is 11.8 Å². The van der Waals surface area contributed by atoms with Crippen molar-refractivity contribution in [3.05, 3.63) is 0 Å². The Balaban J connectivity index is 4.29. The van der Waals surface area contributed by atoms with Gasteiger partial charge >= 0.3 is 0 Å². The van der Waals surface area contributed by atoms with Crippen molar-refractivity contribution in [2.75, 3.05) is 11.5 Å². The normalized spacial score (nSPS) is 14.4. The summed E-state index contributed by atoms with van der Waals surface area (Å²) in [5.41, 5.74) is 4.82. The summed E-state index contributed by atoms with van der Waals surface area (Å²) in [6.07, 6.45) is 1.79. The molecule has 0 aliphatic heterocycles. The number of nitrogens with one attached hydrogen (secondary N) is 1. The lowest BCUT2D eigenvalue weighted by Crippen LogP contribution is -2.44.